The number of hydrogen-bond acceptors (Lipinski definition) is 4. The van der Waals surface area contributed by atoms with E-state index in [0.29, 0.717) is 23.8 Å². The summed E-state index contributed by atoms with van der Waals surface area (Å²) in [6, 6.07) is 9.11. The normalized spacial score (nSPS) is 10.8. The topological polar surface area (TPSA) is 95.2 Å². The second-order valence-corrected chi connectivity index (χ2v) is 4.83. The smallest absolute Gasteiger partial charge is 0.181 e. The van der Waals surface area contributed by atoms with Crippen LogP contribution in [-0.4, -0.2) is 23.4 Å². The van der Waals surface area contributed by atoms with Gasteiger partial charge in [0.25, 0.3) is 0 Å². The molecule has 0 aliphatic carbocycles. The predicted octanol–water partition coefficient (Wildman–Crippen LogP) is 2.37. The Morgan fingerprint density at radius 1 is 1.58 bits per heavy atom. The lowest BCUT2D eigenvalue weighted by molar-refractivity contribution is 0.318. The number of thioether (sulfide) groups is 1. The van der Waals surface area contributed by atoms with E-state index in [1.165, 1.54) is 11.8 Å². The summed E-state index contributed by atoms with van der Waals surface area (Å²) in [7, 11) is 0. The van der Waals surface area contributed by atoms with Gasteiger partial charge in [-0.2, -0.15) is 5.26 Å². The van der Waals surface area contributed by atoms with Gasteiger partial charge in [0, 0.05) is 5.75 Å². The van der Waals surface area contributed by atoms with Gasteiger partial charge in [0.15, 0.2) is 5.17 Å². The summed E-state index contributed by atoms with van der Waals surface area (Å²) >= 11 is 1.33. The highest BCUT2D eigenvalue weighted by molar-refractivity contribution is 8.13. The van der Waals surface area contributed by atoms with Crippen molar-refractivity contribution in [1.82, 2.24) is 0 Å². The molecule has 1 rings (SSSR count). The van der Waals surface area contributed by atoms with Crippen LogP contribution in [0.4, 0.5) is 0 Å². The van der Waals surface area contributed by atoms with Crippen molar-refractivity contribution in [3.8, 4) is 11.8 Å². The van der Waals surface area contributed by atoms with Crippen LogP contribution >= 0.6 is 11.8 Å². The highest BCUT2D eigenvalue weighted by Gasteiger charge is 1.98. The third-order valence-corrected chi connectivity index (χ3v) is 2.89. The fourth-order valence-corrected chi connectivity index (χ4v) is 1.93. The van der Waals surface area contributed by atoms with Gasteiger partial charge >= 0.3 is 0 Å². The fraction of sp³-hybridized carbons (Fsp3) is 0.308. The molecule has 0 unspecified atom stereocenters. The van der Waals surface area contributed by atoms with Gasteiger partial charge < -0.3 is 10.5 Å². The Morgan fingerprint density at radius 3 is 3.05 bits per heavy atom. The van der Waals surface area contributed by atoms with Crippen molar-refractivity contribution < 1.29 is 4.74 Å². The van der Waals surface area contributed by atoms with Crippen LogP contribution in [0.1, 0.15) is 18.9 Å². The van der Waals surface area contributed by atoms with Crippen molar-refractivity contribution in [2.24, 2.45) is 10.7 Å². The Balaban J connectivity index is 2.23. The lowest BCUT2D eigenvalue weighted by atomic mass is 10.2. The van der Waals surface area contributed by atoms with Gasteiger partial charge in [-0.1, -0.05) is 17.8 Å². The molecule has 0 aliphatic heterocycles. The largest absolute Gasteiger partial charge is 0.494 e. The van der Waals surface area contributed by atoms with E-state index in [1.807, 2.05) is 6.07 Å². The molecule has 0 fully saturated rings. The minimum absolute atomic E-state index is 0.214. The molecule has 100 valence electrons. The van der Waals surface area contributed by atoms with Gasteiger partial charge in [0.2, 0.25) is 0 Å². The number of rotatable bonds is 5. The fourth-order valence-electron chi connectivity index (χ4n) is 1.27. The summed E-state index contributed by atoms with van der Waals surface area (Å²) < 4.78 is 5.52. The molecule has 6 heteroatoms. The molecule has 0 radical (unpaired) electrons. The second-order valence-electron chi connectivity index (χ2n) is 3.75. The van der Waals surface area contributed by atoms with Crippen molar-refractivity contribution in [2.75, 3.05) is 12.4 Å². The van der Waals surface area contributed by atoms with Crippen LogP contribution in [0.3, 0.4) is 0 Å². The monoisotopic (exact) mass is 276 g/mol. The molecular formula is C13H16N4OS. The van der Waals surface area contributed by atoms with Crippen molar-refractivity contribution in [1.29, 1.82) is 10.7 Å². The summed E-state index contributed by atoms with van der Waals surface area (Å²) in [4.78, 5) is 3.82. The van der Waals surface area contributed by atoms with E-state index in [2.05, 4.69) is 11.1 Å². The summed E-state index contributed by atoms with van der Waals surface area (Å²) in [6.07, 6.45) is 0.795. The van der Waals surface area contributed by atoms with Crippen molar-refractivity contribution in [3.05, 3.63) is 29.8 Å². The van der Waals surface area contributed by atoms with Crippen LogP contribution in [0.5, 0.6) is 5.75 Å². The molecule has 0 saturated carbocycles. The van der Waals surface area contributed by atoms with E-state index in [-0.39, 0.29) is 5.17 Å². The number of amidine groups is 2. The van der Waals surface area contributed by atoms with Gasteiger partial charge in [-0.3, -0.25) is 5.41 Å². The third kappa shape index (κ3) is 6.48. The minimum atomic E-state index is 0.214. The Morgan fingerprint density at radius 2 is 2.37 bits per heavy atom. The van der Waals surface area contributed by atoms with E-state index in [1.54, 1.807) is 25.1 Å². The van der Waals surface area contributed by atoms with Crippen LogP contribution in [0.15, 0.2) is 29.3 Å². The zero-order chi connectivity index (χ0) is 14.1. The quantitative estimate of drug-likeness (QED) is 0.490. The lowest BCUT2D eigenvalue weighted by Gasteiger charge is -2.05. The van der Waals surface area contributed by atoms with E-state index in [4.69, 9.17) is 21.1 Å². The number of nitriles is 1. The average Bonchev–Trinajstić information content (AvgIpc) is 2.37. The SMILES string of the molecule is C/C(N)=N/C(=N)SCCCOc1cccc(C#N)c1. The Kier molecular flexibility index (Phi) is 6.47. The zero-order valence-corrected chi connectivity index (χ0v) is 11.5. The standard InChI is InChI=1S/C13H16N4OS/c1-10(15)17-13(16)19-7-3-6-18-12-5-2-4-11(8-12)9-14/h2,4-5,8H,3,6-7H2,1H3,(H3,15,16,17). The first kappa shape index (κ1) is 15.1. The number of aliphatic imine (C=N–C) groups is 1. The van der Waals surface area contributed by atoms with E-state index in [0.717, 1.165) is 12.2 Å². The van der Waals surface area contributed by atoms with Gasteiger partial charge in [-0.15, -0.1) is 0 Å². The van der Waals surface area contributed by atoms with Gasteiger partial charge in [-0.05, 0) is 31.5 Å². The van der Waals surface area contributed by atoms with Crippen LogP contribution in [-0.2, 0) is 0 Å². The first-order valence-electron chi connectivity index (χ1n) is 5.77. The van der Waals surface area contributed by atoms with E-state index >= 15 is 0 Å². The first-order chi connectivity index (χ1) is 9.11. The highest BCUT2D eigenvalue weighted by atomic mass is 32.2. The molecule has 1 aromatic rings. The highest BCUT2D eigenvalue weighted by Crippen LogP contribution is 2.13. The Bertz CT molecular complexity index is 504. The maximum absolute atomic E-state index is 8.75. The maximum atomic E-state index is 8.75. The van der Waals surface area contributed by atoms with Gasteiger partial charge in [0.1, 0.15) is 5.75 Å². The van der Waals surface area contributed by atoms with Crippen molar-refractivity contribution >= 4 is 22.8 Å². The Hall–Kier alpha value is -2.00. The summed E-state index contributed by atoms with van der Waals surface area (Å²) in [5.74, 6) is 1.82. The molecule has 0 spiro atoms. The second kappa shape index (κ2) is 8.16. The Labute approximate surface area is 117 Å². The first-order valence-corrected chi connectivity index (χ1v) is 6.75. The van der Waals surface area contributed by atoms with Crippen LogP contribution in [0.2, 0.25) is 0 Å². The number of hydrogen-bond donors (Lipinski definition) is 2. The molecule has 3 N–H and O–H groups in total. The molecule has 0 heterocycles. The molecule has 1 aromatic carbocycles. The summed E-state index contributed by atoms with van der Waals surface area (Å²) in [5.41, 5.74) is 5.96. The molecule has 5 nitrogen and oxygen atoms in total. The zero-order valence-electron chi connectivity index (χ0n) is 10.7. The van der Waals surface area contributed by atoms with Gasteiger partial charge in [0.05, 0.1) is 24.1 Å². The lowest BCUT2D eigenvalue weighted by Crippen LogP contribution is -2.07. The molecule has 0 bridgehead atoms. The average molecular weight is 276 g/mol. The number of nitrogens with two attached hydrogens (primary N) is 1. The molecule has 0 amide bonds. The van der Waals surface area contributed by atoms with Gasteiger partial charge in [-0.25, -0.2) is 4.99 Å². The molecular weight excluding hydrogens is 260 g/mol. The van der Waals surface area contributed by atoms with Crippen LogP contribution in [0, 0.1) is 16.7 Å². The van der Waals surface area contributed by atoms with Crippen molar-refractivity contribution in [2.45, 2.75) is 13.3 Å². The molecule has 0 aromatic heterocycles. The number of nitrogens with one attached hydrogen (secondary N) is 1. The molecule has 0 saturated heterocycles. The molecule has 0 atom stereocenters. The van der Waals surface area contributed by atoms with Crippen LogP contribution < -0.4 is 10.5 Å². The van der Waals surface area contributed by atoms with Crippen molar-refractivity contribution in [3.63, 3.8) is 0 Å². The minimum Gasteiger partial charge on any atom is -0.494 e. The molecule has 0 aliphatic rings. The number of benzene rings is 1. The number of ether oxygens (including phenoxy) is 1. The summed E-state index contributed by atoms with van der Waals surface area (Å²) in [6.45, 7) is 2.20. The van der Waals surface area contributed by atoms with Crippen LogP contribution in [0.25, 0.3) is 0 Å². The summed E-state index contributed by atoms with van der Waals surface area (Å²) in [5, 5.41) is 16.5. The maximum Gasteiger partial charge on any atom is 0.181 e. The third-order valence-electron chi connectivity index (χ3n) is 2.04. The van der Waals surface area contributed by atoms with E-state index < -0.39 is 0 Å². The number of nitrogens with zero attached hydrogens (tertiary/aromatic N) is 2. The predicted molar refractivity (Wildman–Crippen MR) is 78.8 cm³/mol. The van der Waals surface area contributed by atoms with E-state index in [9.17, 15) is 0 Å². The molecule has 19 heavy (non-hydrogen) atoms.